The maximum atomic E-state index is 11.2. The van der Waals surface area contributed by atoms with Crippen LogP contribution in [0.1, 0.15) is 57.8 Å². The first-order chi connectivity index (χ1) is 8.27. The Labute approximate surface area is 104 Å². The van der Waals surface area contributed by atoms with Crippen molar-refractivity contribution in [1.82, 2.24) is 5.32 Å². The van der Waals surface area contributed by atoms with Crippen molar-refractivity contribution in [3.8, 4) is 0 Å². The van der Waals surface area contributed by atoms with Gasteiger partial charge < -0.3 is 10.4 Å². The highest BCUT2D eigenvalue weighted by atomic mass is 16.4. The number of hydrogen-bond donors (Lipinski definition) is 2. The van der Waals surface area contributed by atoms with Gasteiger partial charge in [0.25, 0.3) is 0 Å². The molecule has 0 spiro atoms. The molecule has 2 atom stereocenters. The van der Waals surface area contributed by atoms with Gasteiger partial charge in [0.05, 0.1) is 5.92 Å². The Hall–Kier alpha value is -0.570. The van der Waals surface area contributed by atoms with Gasteiger partial charge in [0.1, 0.15) is 0 Å². The van der Waals surface area contributed by atoms with Gasteiger partial charge in [-0.05, 0) is 38.1 Å². The molecule has 0 aromatic heterocycles. The van der Waals surface area contributed by atoms with Crippen molar-refractivity contribution in [3.05, 3.63) is 0 Å². The quantitative estimate of drug-likeness (QED) is 0.793. The fourth-order valence-electron chi connectivity index (χ4n) is 3.40. The predicted octanol–water partition coefficient (Wildman–Crippen LogP) is 2.80. The molecule has 2 N–H and O–H groups in total. The van der Waals surface area contributed by atoms with Gasteiger partial charge >= 0.3 is 5.97 Å². The van der Waals surface area contributed by atoms with Gasteiger partial charge in [-0.2, -0.15) is 0 Å². The van der Waals surface area contributed by atoms with E-state index in [1.165, 1.54) is 38.5 Å². The molecule has 0 amide bonds. The number of hydrogen-bond acceptors (Lipinski definition) is 2. The van der Waals surface area contributed by atoms with Crippen molar-refractivity contribution in [2.45, 2.75) is 63.8 Å². The van der Waals surface area contributed by atoms with Crippen molar-refractivity contribution in [1.29, 1.82) is 0 Å². The number of carbonyl (C=O) groups is 1. The van der Waals surface area contributed by atoms with Crippen molar-refractivity contribution < 1.29 is 9.90 Å². The first-order valence-electron chi connectivity index (χ1n) is 7.23. The third-order valence-corrected chi connectivity index (χ3v) is 4.50. The topological polar surface area (TPSA) is 49.3 Å². The van der Waals surface area contributed by atoms with E-state index in [1.54, 1.807) is 0 Å². The number of carboxylic acids is 1. The lowest BCUT2D eigenvalue weighted by molar-refractivity contribution is -0.144. The molecule has 0 heterocycles. The van der Waals surface area contributed by atoms with Crippen LogP contribution in [0.4, 0.5) is 0 Å². The Morgan fingerprint density at radius 1 is 1.00 bits per heavy atom. The Bertz CT molecular complexity index is 249. The fourth-order valence-corrected chi connectivity index (χ4v) is 3.40. The molecule has 2 saturated carbocycles. The minimum absolute atomic E-state index is 0.0974. The standard InChI is InChI=1S/C14H25NO2/c16-14(17)13-9-5-4-6-11(13)10-15-12-7-2-1-3-8-12/h11-13,15H,1-10H2,(H,16,17). The van der Waals surface area contributed by atoms with E-state index in [-0.39, 0.29) is 5.92 Å². The molecule has 2 aliphatic rings. The summed E-state index contributed by atoms with van der Waals surface area (Å²) in [6.07, 6.45) is 10.9. The van der Waals surface area contributed by atoms with E-state index in [9.17, 15) is 9.90 Å². The van der Waals surface area contributed by atoms with Crippen LogP contribution in [0.2, 0.25) is 0 Å². The second kappa shape index (κ2) is 6.39. The van der Waals surface area contributed by atoms with Crippen LogP contribution >= 0.6 is 0 Å². The van der Waals surface area contributed by atoms with Crippen LogP contribution in [0.15, 0.2) is 0 Å². The molecule has 2 rings (SSSR count). The van der Waals surface area contributed by atoms with E-state index < -0.39 is 5.97 Å². The largest absolute Gasteiger partial charge is 0.481 e. The smallest absolute Gasteiger partial charge is 0.306 e. The average molecular weight is 239 g/mol. The third-order valence-electron chi connectivity index (χ3n) is 4.50. The summed E-state index contributed by atoms with van der Waals surface area (Å²) in [5, 5.41) is 12.8. The fraction of sp³-hybridized carbons (Fsp3) is 0.929. The van der Waals surface area contributed by atoms with Crippen molar-refractivity contribution in [2.75, 3.05) is 6.54 Å². The number of rotatable bonds is 4. The van der Waals surface area contributed by atoms with E-state index in [0.717, 1.165) is 25.8 Å². The second-order valence-corrected chi connectivity index (χ2v) is 5.73. The molecule has 0 saturated heterocycles. The van der Waals surface area contributed by atoms with Crippen LogP contribution in [-0.4, -0.2) is 23.7 Å². The first-order valence-corrected chi connectivity index (χ1v) is 7.23. The van der Waals surface area contributed by atoms with E-state index in [0.29, 0.717) is 12.0 Å². The van der Waals surface area contributed by atoms with Crippen LogP contribution < -0.4 is 5.32 Å². The summed E-state index contributed by atoms with van der Waals surface area (Å²) in [4.78, 5) is 11.2. The highest BCUT2D eigenvalue weighted by molar-refractivity contribution is 5.70. The lowest BCUT2D eigenvalue weighted by Gasteiger charge is -2.31. The van der Waals surface area contributed by atoms with Gasteiger partial charge in [0, 0.05) is 6.04 Å². The van der Waals surface area contributed by atoms with Gasteiger partial charge in [0.2, 0.25) is 0 Å². The predicted molar refractivity (Wildman–Crippen MR) is 68.0 cm³/mol. The molecular formula is C14H25NO2. The van der Waals surface area contributed by atoms with E-state index in [4.69, 9.17) is 0 Å². The summed E-state index contributed by atoms with van der Waals surface area (Å²) in [7, 11) is 0. The highest BCUT2D eigenvalue weighted by Crippen LogP contribution is 2.30. The minimum Gasteiger partial charge on any atom is -0.481 e. The van der Waals surface area contributed by atoms with Crippen LogP contribution in [0, 0.1) is 11.8 Å². The van der Waals surface area contributed by atoms with Crippen LogP contribution in [0.5, 0.6) is 0 Å². The molecule has 2 unspecified atom stereocenters. The first kappa shape index (κ1) is 12.9. The zero-order valence-electron chi connectivity index (χ0n) is 10.7. The average Bonchev–Trinajstić information content (AvgIpc) is 2.38. The summed E-state index contributed by atoms with van der Waals surface area (Å²) in [6.45, 7) is 0.918. The zero-order valence-corrected chi connectivity index (χ0v) is 10.7. The van der Waals surface area contributed by atoms with Gasteiger partial charge in [-0.15, -0.1) is 0 Å². The lowest BCUT2D eigenvalue weighted by Crippen LogP contribution is -2.39. The molecule has 0 aromatic carbocycles. The number of carboxylic acid groups (broad SMARTS) is 1. The van der Waals surface area contributed by atoms with Crippen LogP contribution in [0.3, 0.4) is 0 Å². The second-order valence-electron chi connectivity index (χ2n) is 5.73. The molecule has 0 radical (unpaired) electrons. The summed E-state index contributed by atoms with van der Waals surface area (Å²) in [6, 6.07) is 0.653. The van der Waals surface area contributed by atoms with E-state index in [1.807, 2.05) is 0 Å². The summed E-state index contributed by atoms with van der Waals surface area (Å²) < 4.78 is 0. The summed E-state index contributed by atoms with van der Waals surface area (Å²) in [5.74, 6) is -0.317. The summed E-state index contributed by atoms with van der Waals surface area (Å²) >= 11 is 0. The van der Waals surface area contributed by atoms with Gasteiger partial charge in [-0.3, -0.25) is 4.79 Å². The Balaban J connectivity index is 1.77. The maximum Gasteiger partial charge on any atom is 0.306 e. The van der Waals surface area contributed by atoms with Gasteiger partial charge in [0.15, 0.2) is 0 Å². The molecule has 3 nitrogen and oxygen atoms in total. The summed E-state index contributed by atoms with van der Waals surface area (Å²) in [5.41, 5.74) is 0. The molecule has 0 aliphatic heterocycles. The molecule has 0 bridgehead atoms. The third kappa shape index (κ3) is 3.70. The van der Waals surface area contributed by atoms with E-state index >= 15 is 0 Å². The minimum atomic E-state index is -0.583. The van der Waals surface area contributed by atoms with E-state index in [2.05, 4.69) is 5.32 Å². The molecule has 17 heavy (non-hydrogen) atoms. The van der Waals surface area contributed by atoms with Gasteiger partial charge in [-0.25, -0.2) is 0 Å². The molecule has 2 aliphatic carbocycles. The normalized spacial score (nSPS) is 31.3. The monoisotopic (exact) mass is 239 g/mol. The van der Waals surface area contributed by atoms with Crippen molar-refractivity contribution >= 4 is 5.97 Å². The lowest BCUT2D eigenvalue weighted by atomic mass is 9.79. The van der Waals surface area contributed by atoms with Crippen LogP contribution in [-0.2, 0) is 4.79 Å². The molecule has 98 valence electrons. The molecular weight excluding hydrogens is 214 g/mol. The van der Waals surface area contributed by atoms with Gasteiger partial charge in [-0.1, -0.05) is 32.1 Å². The number of aliphatic carboxylic acids is 1. The molecule has 0 aromatic rings. The Kier molecular flexibility index (Phi) is 4.84. The van der Waals surface area contributed by atoms with Crippen molar-refractivity contribution in [3.63, 3.8) is 0 Å². The number of nitrogens with one attached hydrogen (secondary N) is 1. The SMILES string of the molecule is O=C(O)C1CCCCC1CNC1CCCCC1. The zero-order chi connectivity index (χ0) is 12.1. The molecule has 3 heteroatoms. The highest BCUT2D eigenvalue weighted by Gasteiger charge is 2.30. The Morgan fingerprint density at radius 3 is 2.35 bits per heavy atom. The van der Waals surface area contributed by atoms with Crippen LogP contribution in [0.25, 0.3) is 0 Å². The maximum absolute atomic E-state index is 11.2. The Morgan fingerprint density at radius 2 is 1.65 bits per heavy atom. The molecule has 2 fully saturated rings. The van der Waals surface area contributed by atoms with Crippen molar-refractivity contribution in [2.24, 2.45) is 11.8 Å².